The van der Waals surface area contributed by atoms with Gasteiger partial charge in [-0.25, -0.2) is 4.98 Å². The van der Waals surface area contributed by atoms with E-state index in [1.807, 2.05) is 35.4 Å². The molecule has 1 aliphatic heterocycles. The number of amides is 1. The summed E-state index contributed by atoms with van der Waals surface area (Å²) in [5.41, 5.74) is 2.54. The molecule has 7 heteroatoms. The summed E-state index contributed by atoms with van der Waals surface area (Å²) < 4.78 is 7.01. The number of fused-ring (bicyclic) bond motifs is 1. The summed E-state index contributed by atoms with van der Waals surface area (Å²) >= 11 is 0. The van der Waals surface area contributed by atoms with Crippen LogP contribution in [-0.2, 0) is 4.74 Å². The number of benzene rings is 1. The Morgan fingerprint density at radius 3 is 3.16 bits per heavy atom. The van der Waals surface area contributed by atoms with Crippen molar-refractivity contribution in [3.63, 3.8) is 0 Å². The second kappa shape index (κ2) is 6.60. The minimum atomic E-state index is 0.0553. The summed E-state index contributed by atoms with van der Waals surface area (Å²) in [4.78, 5) is 19.1. The lowest BCUT2D eigenvalue weighted by Crippen LogP contribution is -2.38. The van der Waals surface area contributed by atoms with Gasteiger partial charge in [-0.2, -0.15) is 0 Å². The lowest BCUT2D eigenvalue weighted by Gasteiger charge is -2.24. The number of nitrogens with zero attached hydrogens (tertiary/aromatic N) is 5. The Balaban J connectivity index is 1.63. The fourth-order valence-electron chi connectivity index (χ4n) is 3.35. The van der Waals surface area contributed by atoms with E-state index in [4.69, 9.17) is 4.74 Å². The zero-order valence-electron chi connectivity index (χ0n) is 14.0. The second-order valence-electron chi connectivity index (χ2n) is 6.21. The van der Waals surface area contributed by atoms with Crippen molar-refractivity contribution < 1.29 is 9.53 Å². The topological polar surface area (TPSA) is 72.6 Å². The van der Waals surface area contributed by atoms with Crippen LogP contribution in [0.3, 0.4) is 0 Å². The van der Waals surface area contributed by atoms with Crippen LogP contribution in [-0.4, -0.2) is 56.7 Å². The fourth-order valence-corrected chi connectivity index (χ4v) is 3.35. The van der Waals surface area contributed by atoms with Gasteiger partial charge in [0, 0.05) is 37.2 Å². The van der Waals surface area contributed by atoms with Crippen LogP contribution >= 0.6 is 0 Å². The largest absolute Gasteiger partial charge is 0.383 e. The van der Waals surface area contributed by atoms with Crippen LogP contribution in [0, 0.1) is 0 Å². The Morgan fingerprint density at radius 2 is 2.28 bits per heavy atom. The van der Waals surface area contributed by atoms with Crippen molar-refractivity contribution in [3.05, 3.63) is 48.5 Å². The minimum Gasteiger partial charge on any atom is -0.383 e. The Hall–Kier alpha value is -2.80. The number of carbonyl (C=O) groups excluding carboxylic acids is 1. The molecule has 0 saturated carbocycles. The van der Waals surface area contributed by atoms with Gasteiger partial charge in [-0.05, 0) is 30.5 Å². The quantitative estimate of drug-likeness (QED) is 0.728. The van der Waals surface area contributed by atoms with Gasteiger partial charge in [0.25, 0.3) is 11.7 Å². The average molecular weight is 337 g/mol. The van der Waals surface area contributed by atoms with E-state index in [9.17, 15) is 4.79 Å². The number of likely N-dealkylation sites (tertiary alicyclic amines) is 1. The van der Waals surface area contributed by atoms with Crippen LogP contribution in [0.15, 0.2) is 43.0 Å². The summed E-state index contributed by atoms with van der Waals surface area (Å²) in [5.74, 6) is 0.607. The number of ether oxygens (including phenoxy) is 1. The summed E-state index contributed by atoms with van der Waals surface area (Å²) in [6.45, 7) is 1.37. The van der Waals surface area contributed by atoms with Gasteiger partial charge in [0.15, 0.2) is 0 Å². The predicted octanol–water partition coefficient (Wildman–Crippen LogP) is 2.04. The summed E-state index contributed by atoms with van der Waals surface area (Å²) in [6.07, 6.45) is 7.29. The molecule has 128 valence electrons. The Bertz CT molecular complexity index is 907. The number of aromatic nitrogens is 4. The van der Waals surface area contributed by atoms with Gasteiger partial charge in [0.05, 0.1) is 12.6 Å². The first-order valence-electron chi connectivity index (χ1n) is 8.32. The number of methoxy groups -OCH3 is 1. The van der Waals surface area contributed by atoms with E-state index in [1.165, 1.54) is 0 Å². The molecule has 1 atom stereocenters. The van der Waals surface area contributed by atoms with Crippen molar-refractivity contribution >= 4 is 11.7 Å². The molecule has 1 saturated heterocycles. The predicted molar refractivity (Wildman–Crippen MR) is 92.2 cm³/mol. The average Bonchev–Trinajstić information content (AvgIpc) is 3.30. The van der Waals surface area contributed by atoms with Gasteiger partial charge in [-0.1, -0.05) is 12.1 Å². The van der Waals surface area contributed by atoms with E-state index in [0.717, 1.165) is 30.5 Å². The van der Waals surface area contributed by atoms with Crippen LogP contribution < -0.4 is 0 Å². The third kappa shape index (κ3) is 2.98. The number of hydrogen-bond acceptors (Lipinski definition) is 5. The Kier molecular flexibility index (Phi) is 4.15. The molecule has 3 heterocycles. The second-order valence-corrected chi connectivity index (χ2v) is 6.21. The highest BCUT2D eigenvalue weighted by Gasteiger charge is 2.29. The SMILES string of the molecule is COC[C@@H]1CCCN1C(=O)c1cccc(-c2cnc3nncn3c2)c1. The van der Waals surface area contributed by atoms with Crippen molar-refractivity contribution in [2.75, 3.05) is 20.3 Å². The normalized spacial score (nSPS) is 17.3. The highest BCUT2D eigenvalue weighted by atomic mass is 16.5. The monoisotopic (exact) mass is 337 g/mol. The molecule has 2 aromatic heterocycles. The molecule has 0 radical (unpaired) electrons. The van der Waals surface area contributed by atoms with Crippen LogP contribution in [0.4, 0.5) is 0 Å². The maximum atomic E-state index is 12.9. The summed E-state index contributed by atoms with van der Waals surface area (Å²) in [6, 6.07) is 7.81. The number of hydrogen-bond donors (Lipinski definition) is 0. The van der Waals surface area contributed by atoms with Crippen molar-refractivity contribution in [1.29, 1.82) is 0 Å². The van der Waals surface area contributed by atoms with E-state index in [2.05, 4.69) is 15.2 Å². The van der Waals surface area contributed by atoms with E-state index in [0.29, 0.717) is 17.9 Å². The van der Waals surface area contributed by atoms with E-state index >= 15 is 0 Å². The minimum absolute atomic E-state index is 0.0553. The molecule has 1 aromatic carbocycles. The molecule has 0 unspecified atom stereocenters. The van der Waals surface area contributed by atoms with Gasteiger partial charge in [-0.3, -0.25) is 9.20 Å². The van der Waals surface area contributed by atoms with Gasteiger partial charge >= 0.3 is 0 Å². The lowest BCUT2D eigenvalue weighted by molar-refractivity contribution is 0.0630. The van der Waals surface area contributed by atoms with Crippen LogP contribution in [0.1, 0.15) is 23.2 Å². The zero-order valence-corrected chi connectivity index (χ0v) is 14.0. The maximum absolute atomic E-state index is 12.9. The molecule has 4 rings (SSSR count). The first kappa shape index (κ1) is 15.7. The van der Waals surface area contributed by atoms with Crippen molar-refractivity contribution in [1.82, 2.24) is 24.5 Å². The molecule has 3 aromatic rings. The fraction of sp³-hybridized carbons (Fsp3) is 0.333. The highest BCUT2D eigenvalue weighted by molar-refractivity contribution is 5.95. The zero-order chi connectivity index (χ0) is 17.2. The smallest absolute Gasteiger partial charge is 0.254 e. The number of carbonyl (C=O) groups is 1. The highest BCUT2D eigenvalue weighted by Crippen LogP contribution is 2.24. The molecule has 25 heavy (non-hydrogen) atoms. The molecule has 1 fully saturated rings. The number of rotatable bonds is 4. The van der Waals surface area contributed by atoms with Gasteiger partial charge in [0.2, 0.25) is 0 Å². The molecule has 0 aliphatic carbocycles. The van der Waals surface area contributed by atoms with Crippen molar-refractivity contribution in [2.24, 2.45) is 0 Å². The summed E-state index contributed by atoms with van der Waals surface area (Å²) in [5, 5.41) is 7.74. The lowest BCUT2D eigenvalue weighted by atomic mass is 10.0. The third-order valence-corrected chi connectivity index (χ3v) is 4.59. The molecular formula is C18H19N5O2. The van der Waals surface area contributed by atoms with Gasteiger partial charge in [0.1, 0.15) is 6.33 Å². The maximum Gasteiger partial charge on any atom is 0.254 e. The molecular weight excluding hydrogens is 318 g/mol. The molecule has 7 nitrogen and oxygen atoms in total. The Morgan fingerprint density at radius 1 is 1.36 bits per heavy atom. The van der Waals surface area contributed by atoms with Gasteiger partial charge < -0.3 is 9.64 Å². The van der Waals surface area contributed by atoms with Crippen molar-refractivity contribution in [3.8, 4) is 11.1 Å². The van der Waals surface area contributed by atoms with E-state index < -0.39 is 0 Å². The molecule has 0 spiro atoms. The van der Waals surface area contributed by atoms with E-state index in [1.54, 1.807) is 24.0 Å². The van der Waals surface area contributed by atoms with Crippen LogP contribution in [0.25, 0.3) is 16.9 Å². The first-order valence-corrected chi connectivity index (χ1v) is 8.32. The van der Waals surface area contributed by atoms with Crippen LogP contribution in [0.5, 0.6) is 0 Å². The Labute approximate surface area is 145 Å². The molecule has 1 aliphatic rings. The molecule has 0 bridgehead atoms. The standard InChI is InChI=1S/C18H19N5O2/c1-25-11-16-6-3-7-23(16)17(24)14-5-2-4-13(8-14)15-9-19-18-21-20-12-22(18)10-15/h2,4-5,8-10,12,16H,3,6-7,11H2,1H3/t16-/m0/s1. The molecule has 1 amide bonds. The first-order chi connectivity index (χ1) is 12.3. The van der Waals surface area contributed by atoms with Gasteiger partial charge in [-0.15, -0.1) is 10.2 Å². The molecule has 0 N–H and O–H groups in total. The summed E-state index contributed by atoms with van der Waals surface area (Å²) in [7, 11) is 1.68. The van der Waals surface area contributed by atoms with E-state index in [-0.39, 0.29) is 11.9 Å². The van der Waals surface area contributed by atoms with Crippen LogP contribution in [0.2, 0.25) is 0 Å². The van der Waals surface area contributed by atoms with Crippen molar-refractivity contribution in [2.45, 2.75) is 18.9 Å². The third-order valence-electron chi connectivity index (χ3n) is 4.59.